The Labute approximate surface area is 109 Å². The molecule has 0 radical (unpaired) electrons. The van der Waals surface area contributed by atoms with E-state index in [9.17, 15) is 9.59 Å². The number of hydrogen-bond donors (Lipinski definition) is 1. The van der Waals surface area contributed by atoms with Gasteiger partial charge in [-0.05, 0) is 24.6 Å². The van der Waals surface area contributed by atoms with E-state index in [0.717, 1.165) is 0 Å². The smallest absolute Gasteiger partial charge is 0.303 e. The Balaban J connectivity index is 2.72. The molecule has 0 fully saturated rings. The molecule has 1 N–H and O–H groups in total. The van der Waals surface area contributed by atoms with Gasteiger partial charge in [0.15, 0.2) is 6.61 Å². The molecule has 0 bridgehead atoms. The molecule has 0 aliphatic rings. The average molecular weight is 276 g/mol. The van der Waals surface area contributed by atoms with E-state index < -0.39 is 11.9 Å². The lowest BCUT2D eigenvalue weighted by atomic mass is 10.2. The number of hydrogen-bond acceptors (Lipinski definition) is 3. The van der Waals surface area contributed by atoms with E-state index in [4.69, 9.17) is 23.2 Å². The highest BCUT2D eigenvalue weighted by Crippen LogP contribution is 2.30. The van der Waals surface area contributed by atoms with Crippen LogP contribution >= 0.6 is 23.2 Å². The molecule has 17 heavy (non-hydrogen) atoms. The SMILES string of the molecule is CC(=O)OCC(=O)Nc1ccc(Cl)c(C)c1Cl. The minimum absolute atomic E-state index is 0.340. The highest BCUT2D eigenvalue weighted by atomic mass is 35.5. The van der Waals surface area contributed by atoms with Crippen molar-refractivity contribution in [2.45, 2.75) is 13.8 Å². The molecule has 0 saturated heterocycles. The van der Waals surface area contributed by atoms with Crippen LogP contribution in [0.4, 0.5) is 5.69 Å². The Bertz CT molecular complexity index is 460. The number of carbonyl (C=O) groups is 2. The Morgan fingerprint density at radius 3 is 2.59 bits per heavy atom. The zero-order valence-electron chi connectivity index (χ0n) is 9.34. The van der Waals surface area contributed by atoms with Gasteiger partial charge in [-0.3, -0.25) is 9.59 Å². The second-order valence-corrected chi connectivity index (χ2v) is 4.15. The van der Waals surface area contributed by atoms with E-state index in [1.54, 1.807) is 19.1 Å². The van der Waals surface area contributed by atoms with Crippen molar-refractivity contribution in [3.8, 4) is 0 Å². The third-order valence-corrected chi connectivity index (χ3v) is 2.90. The molecule has 0 aromatic heterocycles. The highest BCUT2D eigenvalue weighted by molar-refractivity contribution is 6.38. The van der Waals surface area contributed by atoms with Crippen LogP contribution in [-0.2, 0) is 14.3 Å². The van der Waals surface area contributed by atoms with Crippen LogP contribution in [-0.4, -0.2) is 18.5 Å². The standard InChI is InChI=1S/C11H11Cl2NO3/c1-6-8(12)3-4-9(11(6)13)14-10(16)5-17-7(2)15/h3-4H,5H2,1-2H3,(H,14,16). The number of anilines is 1. The van der Waals surface area contributed by atoms with E-state index in [2.05, 4.69) is 10.1 Å². The highest BCUT2D eigenvalue weighted by Gasteiger charge is 2.10. The first-order valence-corrected chi connectivity index (χ1v) is 5.55. The fourth-order valence-electron chi connectivity index (χ4n) is 1.11. The van der Waals surface area contributed by atoms with Gasteiger partial charge >= 0.3 is 5.97 Å². The van der Waals surface area contributed by atoms with E-state index in [-0.39, 0.29) is 6.61 Å². The number of ether oxygens (including phenoxy) is 1. The first-order valence-electron chi connectivity index (χ1n) is 4.79. The van der Waals surface area contributed by atoms with Crippen molar-refractivity contribution in [3.05, 3.63) is 27.7 Å². The first-order chi connectivity index (χ1) is 7.91. The van der Waals surface area contributed by atoms with Gasteiger partial charge in [0.2, 0.25) is 0 Å². The number of esters is 1. The molecule has 0 unspecified atom stereocenters. The number of nitrogens with one attached hydrogen (secondary N) is 1. The van der Waals surface area contributed by atoms with Crippen molar-refractivity contribution in [2.75, 3.05) is 11.9 Å². The molecule has 1 aromatic rings. The summed E-state index contributed by atoms with van der Waals surface area (Å²) in [5.74, 6) is -0.970. The van der Waals surface area contributed by atoms with Crippen molar-refractivity contribution in [3.63, 3.8) is 0 Å². The summed E-state index contributed by atoms with van der Waals surface area (Å²) in [5, 5.41) is 3.42. The summed E-state index contributed by atoms with van der Waals surface area (Å²) in [6.45, 7) is 2.63. The number of benzene rings is 1. The third-order valence-electron chi connectivity index (χ3n) is 2.00. The number of carbonyl (C=O) groups excluding carboxylic acids is 2. The molecule has 0 saturated carbocycles. The number of halogens is 2. The summed E-state index contributed by atoms with van der Waals surface area (Å²) < 4.78 is 4.55. The molecular weight excluding hydrogens is 265 g/mol. The minimum Gasteiger partial charge on any atom is -0.456 e. The minimum atomic E-state index is -0.515. The van der Waals surface area contributed by atoms with Gasteiger partial charge in [0.1, 0.15) is 0 Å². The maximum atomic E-state index is 11.4. The summed E-state index contributed by atoms with van der Waals surface area (Å²) in [5.41, 5.74) is 1.12. The summed E-state index contributed by atoms with van der Waals surface area (Å²) in [4.78, 5) is 21.9. The maximum absolute atomic E-state index is 11.4. The monoisotopic (exact) mass is 275 g/mol. The number of rotatable bonds is 3. The van der Waals surface area contributed by atoms with Crippen molar-refractivity contribution in [1.82, 2.24) is 0 Å². The van der Waals surface area contributed by atoms with Crippen LogP contribution in [0.5, 0.6) is 0 Å². The van der Waals surface area contributed by atoms with Gasteiger partial charge in [0.05, 0.1) is 10.7 Å². The molecule has 6 heteroatoms. The molecule has 92 valence electrons. The van der Waals surface area contributed by atoms with Gasteiger partial charge in [-0.25, -0.2) is 0 Å². The Morgan fingerprint density at radius 2 is 2.00 bits per heavy atom. The van der Waals surface area contributed by atoms with Crippen molar-refractivity contribution in [1.29, 1.82) is 0 Å². The summed E-state index contributed by atoms with van der Waals surface area (Å²) in [6, 6.07) is 3.22. The van der Waals surface area contributed by atoms with E-state index >= 15 is 0 Å². The molecule has 1 aromatic carbocycles. The molecule has 0 aliphatic heterocycles. The molecule has 0 spiro atoms. The van der Waals surface area contributed by atoms with Gasteiger partial charge in [-0.2, -0.15) is 0 Å². The van der Waals surface area contributed by atoms with Crippen molar-refractivity contribution in [2.24, 2.45) is 0 Å². The molecule has 0 aliphatic carbocycles. The summed E-state index contributed by atoms with van der Waals surface area (Å²) >= 11 is 11.9. The predicted octanol–water partition coefficient (Wildman–Crippen LogP) is 2.80. The summed E-state index contributed by atoms with van der Waals surface area (Å²) in [7, 11) is 0. The quantitative estimate of drug-likeness (QED) is 0.863. The fraction of sp³-hybridized carbons (Fsp3) is 0.273. The van der Waals surface area contributed by atoms with Crippen LogP contribution in [0.25, 0.3) is 0 Å². The topological polar surface area (TPSA) is 55.4 Å². The van der Waals surface area contributed by atoms with E-state index in [0.29, 0.717) is 21.3 Å². The molecule has 4 nitrogen and oxygen atoms in total. The van der Waals surface area contributed by atoms with Crippen LogP contribution in [0.1, 0.15) is 12.5 Å². The zero-order chi connectivity index (χ0) is 13.0. The Hall–Kier alpha value is -1.26. The van der Waals surface area contributed by atoms with Crippen LogP contribution in [0.2, 0.25) is 10.0 Å². The third kappa shape index (κ3) is 3.91. The van der Waals surface area contributed by atoms with Crippen LogP contribution in [0, 0.1) is 6.92 Å². The number of amides is 1. The fourth-order valence-corrected chi connectivity index (χ4v) is 1.53. The van der Waals surface area contributed by atoms with Gasteiger partial charge in [0.25, 0.3) is 5.91 Å². The second kappa shape index (κ2) is 5.89. The molecule has 0 heterocycles. The van der Waals surface area contributed by atoms with E-state index in [1.807, 2.05) is 0 Å². The van der Waals surface area contributed by atoms with Gasteiger partial charge in [-0.15, -0.1) is 0 Å². The van der Waals surface area contributed by atoms with Gasteiger partial charge in [-0.1, -0.05) is 23.2 Å². The van der Waals surface area contributed by atoms with Crippen molar-refractivity contribution < 1.29 is 14.3 Å². The van der Waals surface area contributed by atoms with Crippen LogP contribution in [0.15, 0.2) is 12.1 Å². The molecule has 1 amide bonds. The largest absolute Gasteiger partial charge is 0.456 e. The Kier molecular flexibility index (Phi) is 4.78. The lowest BCUT2D eigenvalue weighted by molar-refractivity contribution is -0.144. The molecule has 0 atom stereocenters. The average Bonchev–Trinajstić information content (AvgIpc) is 2.27. The van der Waals surface area contributed by atoms with Gasteiger partial charge < -0.3 is 10.1 Å². The lowest BCUT2D eigenvalue weighted by Crippen LogP contribution is -2.20. The molecule has 1 rings (SSSR count). The first kappa shape index (κ1) is 13.8. The lowest BCUT2D eigenvalue weighted by Gasteiger charge is -2.10. The zero-order valence-corrected chi connectivity index (χ0v) is 10.9. The molecular formula is C11H11Cl2NO3. The Morgan fingerprint density at radius 1 is 1.35 bits per heavy atom. The second-order valence-electron chi connectivity index (χ2n) is 3.36. The van der Waals surface area contributed by atoms with Gasteiger partial charge in [0, 0.05) is 11.9 Å². The predicted molar refractivity (Wildman–Crippen MR) is 66.5 cm³/mol. The van der Waals surface area contributed by atoms with E-state index in [1.165, 1.54) is 6.92 Å². The van der Waals surface area contributed by atoms with Crippen molar-refractivity contribution >= 4 is 40.8 Å². The maximum Gasteiger partial charge on any atom is 0.303 e. The normalized spacial score (nSPS) is 9.88. The summed E-state index contributed by atoms with van der Waals surface area (Å²) in [6.07, 6.45) is 0. The van der Waals surface area contributed by atoms with Crippen LogP contribution < -0.4 is 5.32 Å². The van der Waals surface area contributed by atoms with Crippen LogP contribution in [0.3, 0.4) is 0 Å².